The van der Waals surface area contributed by atoms with Crippen molar-refractivity contribution < 1.29 is 9.50 Å². The van der Waals surface area contributed by atoms with Gasteiger partial charge in [-0.1, -0.05) is 19.9 Å². The maximum absolute atomic E-state index is 12.9. The first kappa shape index (κ1) is 12.1. The van der Waals surface area contributed by atoms with Gasteiger partial charge in [-0.05, 0) is 30.2 Å². The fraction of sp³-hybridized carbons (Fsp3) is 0.500. The van der Waals surface area contributed by atoms with Crippen LogP contribution in [0, 0.1) is 18.2 Å². The van der Waals surface area contributed by atoms with E-state index in [0.717, 1.165) is 11.1 Å². The lowest BCUT2D eigenvalue weighted by molar-refractivity contribution is 0.0549. The number of hydrogen-bond donors (Lipinski definition) is 2. The van der Waals surface area contributed by atoms with Crippen molar-refractivity contribution in [1.29, 1.82) is 0 Å². The second-order valence-electron chi connectivity index (χ2n) is 4.60. The molecule has 0 aliphatic heterocycles. The third-order valence-electron chi connectivity index (χ3n) is 2.79. The summed E-state index contributed by atoms with van der Waals surface area (Å²) in [6.45, 7) is 5.94. The molecule has 1 rings (SSSR count). The summed E-state index contributed by atoms with van der Waals surface area (Å²) < 4.78 is 12.9. The Balaban J connectivity index is 3.06. The van der Waals surface area contributed by atoms with Gasteiger partial charge in [-0.2, -0.15) is 0 Å². The second kappa shape index (κ2) is 4.29. The number of benzene rings is 1. The van der Waals surface area contributed by atoms with Gasteiger partial charge in [0.25, 0.3) is 0 Å². The Kier molecular flexibility index (Phi) is 3.47. The molecule has 3 heteroatoms. The SMILES string of the molecule is Cc1cc(F)ccc1C(O)C(C)(C)CN. The highest BCUT2D eigenvalue weighted by Gasteiger charge is 2.28. The van der Waals surface area contributed by atoms with E-state index in [1.165, 1.54) is 12.1 Å². The average molecular weight is 211 g/mol. The number of rotatable bonds is 3. The van der Waals surface area contributed by atoms with Gasteiger partial charge in [-0.3, -0.25) is 0 Å². The summed E-state index contributed by atoms with van der Waals surface area (Å²) >= 11 is 0. The van der Waals surface area contributed by atoms with E-state index in [1.54, 1.807) is 13.0 Å². The van der Waals surface area contributed by atoms with Crippen LogP contribution in [-0.2, 0) is 0 Å². The van der Waals surface area contributed by atoms with E-state index in [9.17, 15) is 9.50 Å². The molecule has 0 saturated carbocycles. The summed E-state index contributed by atoms with van der Waals surface area (Å²) in [5, 5.41) is 10.1. The predicted molar refractivity (Wildman–Crippen MR) is 58.9 cm³/mol. The highest BCUT2D eigenvalue weighted by molar-refractivity contribution is 5.29. The van der Waals surface area contributed by atoms with Crippen LogP contribution in [0.1, 0.15) is 31.1 Å². The Hall–Kier alpha value is -0.930. The molecule has 3 N–H and O–H groups in total. The maximum atomic E-state index is 12.9. The molecule has 0 aliphatic rings. The lowest BCUT2D eigenvalue weighted by Crippen LogP contribution is -2.31. The van der Waals surface area contributed by atoms with Gasteiger partial charge < -0.3 is 10.8 Å². The number of nitrogens with two attached hydrogens (primary N) is 1. The molecule has 0 radical (unpaired) electrons. The van der Waals surface area contributed by atoms with E-state index in [1.807, 2.05) is 13.8 Å². The van der Waals surface area contributed by atoms with Crippen LogP contribution in [0.3, 0.4) is 0 Å². The molecule has 1 aromatic rings. The Morgan fingerprint density at radius 1 is 1.47 bits per heavy atom. The van der Waals surface area contributed by atoms with Crippen molar-refractivity contribution in [3.63, 3.8) is 0 Å². The fourth-order valence-corrected chi connectivity index (χ4v) is 1.48. The third-order valence-corrected chi connectivity index (χ3v) is 2.79. The van der Waals surface area contributed by atoms with Crippen LogP contribution >= 0.6 is 0 Å². The maximum Gasteiger partial charge on any atom is 0.123 e. The number of halogens is 1. The highest BCUT2D eigenvalue weighted by atomic mass is 19.1. The van der Waals surface area contributed by atoms with Crippen molar-refractivity contribution in [3.05, 3.63) is 35.1 Å². The molecule has 0 bridgehead atoms. The van der Waals surface area contributed by atoms with Crippen molar-refractivity contribution in [2.75, 3.05) is 6.54 Å². The fourth-order valence-electron chi connectivity index (χ4n) is 1.48. The van der Waals surface area contributed by atoms with E-state index in [4.69, 9.17) is 5.73 Å². The lowest BCUT2D eigenvalue weighted by atomic mass is 9.81. The molecule has 1 atom stereocenters. The van der Waals surface area contributed by atoms with Gasteiger partial charge >= 0.3 is 0 Å². The molecular weight excluding hydrogens is 193 g/mol. The summed E-state index contributed by atoms with van der Waals surface area (Å²) in [6.07, 6.45) is -0.664. The average Bonchev–Trinajstić information content (AvgIpc) is 2.17. The summed E-state index contributed by atoms with van der Waals surface area (Å²) in [5.41, 5.74) is 6.69. The van der Waals surface area contributed by atoms with Crippen molar-refractivity contribution in [3.8, 4) is 0 Å². The molecule has 15 heavy (non-hydrogen) atoms. The highest BCUT2D eigenvalue weighted by Crippen LogP contribution is 2.33. The van der Waals surface area contributed by atoms with Crippen LogP contribution in [0.15, 0.2) is 18.2 Å². The van der Waals surface area contributed by atoms with E-state index in [-0.39, 0.29) is 5.82 Å². The van der Waals surface area contributed by atoms with Crippen LogP contribution in [0.5, 0.6) is 0 Å². The van der Waals surface area contributed by atoms with E-state index >= 15 is 0 Å². The summed E-state index contributed by atoms with van der Waals surface area (Å²) in [4.78, 5) is 0. The third kappa shape index (κ3) is 2.55. The Bertz CT molecular complexity index is 349. The van der Waals surface area contributed by atoms with E-state index in [0.29, 0.717) is 6.54 Å². The Labute approximate surface area is 89.9 Å². The van der Waals surface area contributed by atoms with Gasteiger partial charge in [-0.25, -0.2) is 4.39 Å². The van der Waals surface area contributed by atoms with Gasteiger partial charge in [0.15, 0.2) is 0 Å². The van der Waals surface area contributed by atoms with Crippen molar-refractivity contribution >= 4 is 0 Å². The Morgan fingerprint density at radius 3 is 2.53 bits per heavy atom. The minimum atomic E-state index is -0.664. The molecule has 84 valence electrons. The van der Waals surface area contributed by atoms with Gasteiger partial charge in [0, 0.05) is 12.0 Å². The molecule has 1 aromatic carbocycles. The molecule has 2 nitrogen and oxygen atoms in total. The van der Waals surface area contributed by atoms with Gasteiger partial charge in [0.1, 0.15) is 5.82 Å². The van der Waals surface area contributed by atoms with Crippen LogP contribution in [0.4, 0.5) is 4.39 Å². The summed E-state index contributed by atoms with van der Waals surface area (Å²) in [7, 11) is 0. The number of hydrogen-bond acceptors (Lipinski definition) is 2. The van der Waals surface area contributed by atoms with E-state index in [2.05, 4.69) is 0 Å². The molecular formula is C12H18FNO. The van der Waals surface area contributed by atoms with Crippen LogP contribution in [-0.4, -0.2) is 11.7 Å². The molecule has 0 amide bonds. The minimum absolute atomic E-state index is 0.283. The minimum Gasteiger partial charge on any atom is -0.388 e. The number of aliphatic hydroxyl groups is 1. The number of aliphatic hydroxyl groups excluding tert-OH is 1. The molecule has 0 spiro atoms. The largest absolute Gasteiger partial charge is 0.388 e. The molecule has 1 unspecified atom stereocenters. The second-order valence-corrected chi connectivity index (χ2v) is 4.60. The quantitative estimate of drug-likeness (QED) is 0.804. The van der Waals surface area contributed by atoms with Gasteiger partial charge in [0.05, 0.1) is 6.10 Å². The van der Waals surface area contributed by atoms with Crippen LogP contribution in [0.25, 0.3) is 0 Å². The molecule has 0 aliphatic carbocycles. The van der Waals surface area contributed by atoms with E-state index < -0.39 is 11.5 Å². The zero-order chi connectivity index (χ0) is 11.6. The van der Waals surface area contributed by atoms with Crippen molar-refractivity contribution in [1.82, 2.24) is 0 Å². The smallest absolute Gasteiger partial charge is 0.123 e. The monoisotopic (exact) mass is 211 g/mol. The van der Waals surface area contributed by atoms with Crippen molar-refractivity contribution in [2.24, 2.45) is 11.1 Å². The normalized spacial score (nSPS) is 14.0. The first-order valence-corrected chi connectivity index (χ1v) is 5.02. The first-order valence-electron chi connectivity index (χ1n) is 5.02. The number of aryl methyl sites for hydroxylation is 1. The summed E-state index contributed by atoms with van der Waals surface area (Å²) in [5.74, 6) is -0.283. The van der Waals surface area contributed by atoms with Gasteiger partial charge in [-0.15, -0.1) is 0 Å². The first-order chi connectivity index (χ1) is 6.88. The van der Waals surface area contributed by atoms with Crippen LogP contribution < -0.4 is 5.73 Å². The predicted octanol–water partition coefficient (Wildman–Crippen LogP) is 2.15. The Morgan fingerprint density at radius 2 is 2.07 bits per heavy atom. The molecule has 0 saturated heterocycles. The molecule has 0 aromatic heterocycles. The lowest BCUT2D eigenvalue weighted by Gasteiger charge is -2.30. The standard InChI is InChI=1S/C12H18FNO/c1-8-6-9(13)4-5-10(8)11(15)12(2,3)7-14/h4-6,11,15H,7,14H2,1-3H3. The topological polar surface area (TPSA) is 46.2 Å². The zero-order valence-corrected chi connectivity index (χ0v) is 9.42. The van der Waals surface area contributed by atoms with Crippen LogP contribution in [0.2, 0.25) is 0 Å². The summed E-state index contributed by atoms with van der Waals surface area (Å²) in [6, 6.07) is 4.40. The van der Waals surface area contributed by atoms with Gasteiger partial charge in [0.2, 0.25) is 0 Å². The molecule has 0 fully saturated rings. The zero-order valence-electron chi connectivity index (χ0n) is 9.42. The van der Waals surface area contributed by atoms with Crippen molar-refractivity contribution in [2.45, 2.75) is 26.9 Å². The molecule has 0 heterocycles.